The lowest BCUT2D eigenvalue weighted by Crippen LogP contribution is -2.28. The van der Waals surface area contributed by atoms with Gasteiger partial charge in [0.05, 0.1) is 5.69 Å². The van der Waals surface area contributed by atoms with Crippen molar-refractivity contribution < 1.29 is 14.3 Å². The number of hydrogen-bond donors (Lipinski definition) is 1. The summed E-state index contributed by atoms with van der Waals surface area (Å²) in [5, 5.41) is 8.70. The van der Waals surface area contributed by atoms with Crippen LogP contribution in [0.5, 0.6) is 0 Å². The van der Waals surface area contributed by atoms with Gasteiger partial charge in [-0.25, -0.2) is 9.18 Å². The second-order valence-electron chi connectivity index (χ2n) is 4.77. The summed E-state index contributed by atoms with van der Waals surface area (Å²) >= 11 is 0. The van der Waals surface area contributed by atoms with Crippen LogP contribution >= 0.6 is 0 Å². The molecule has 0 aromatic heterocycles. The lowest BCUT2D eigenvalue weighted by molar-refractivity contribution is -0.131. The maximum absolute atomic E-state index is 14.1. The maximum Gasteiger partial charge on any atom is 0.328 e. The van der Waals surface area contributed by atoms with E-state index in [0.29, 0.717) is 17.3 Å². The summed E-state index contributed by atoms with van der Waals surface area (Å²) in [5.41, 5.74) is 1.16. The van der Waals surface area contributed by atoms with Crippen LogP contribution < -0.4 is 4.90 Å². The van der Waals surface area contributed by atoms with Crippen molar-refractivity contribution in [1.29, 1.82) is 0 Å². The Bertz CT molecular complexity index is 495. The normalized spacial score (nSPS) is 14.8. The fourth-order valence-electron chi connectivity index (χ4n) is 2.23. The van der Waals surface area contributed by atoms with Crippen LogP contribution in [0.3, 0.4) is 0 Å². The molecule has 0 amide bonds. The second-order valence-corrected chi connectivity index (χ2v) is 4.77. The van der Waals surface area contributed by atoms with E-state index in [2.05, 4.69) is 11.8 Å². The Morgan fingerprint density at radius 3 is 2.84 bits per heavy atom. The van der Waals surface area contributed by atoms with E-state index in [1.165, 1.54) is 12.1 Å². The molecule has 102 valence electrons. The van der Waals surface area contributed by atoms with E-state index in [4.69, 9.17) is 5.11 Å². The number of benzene rings is 1. The molecule has 19 heavy (non-hydrogen) atoms. The van der Waals surface area contributed by atoms with Crippen molar-refractivity contribution in [2.75, 3.05) is 11.4 Å². The standard InChI is InChI=1S/C15H18FNO2/c1-2-10-17(12-7-8-12)15-11(6-9-14(18)19)4-3-5-13(15)16/h3-6,9,12H,2,7-8,10H2,1H3,(H,18,19)/b9-6+. The van der Waals surface area contributed by atoms with Gasteiger partial charge in [-0.2, -0.15) is 0 Å². The highest BCUT2D eigenvalue weighted by atomic mass is 19.1. The summed E-state index contributed by atoms with van der Waals surface area (Å²) in [6.45, 7) is 2.85. The topological polar surface area (TPSA) is 40.5 Å². The number of anilines is 1. The number of carbonyl (C=O) groups is 1. The smallest absolute Gasteiger partial charge is 0.328 e. The van der Waals surface area contributed by atoms with Crippen molar-refractivity contribution in [2.24, 2.45) is 0 Å². The Hall–Kier alpha value is -1.84. The second kappa shape index (κ2) is 5.87. The zero-order chi connectivity index (χ0) is 13.8. The number of carboxylic acid groups (broad SMARTS) is 1. The number of hydrogen-bond acceptors (Lipinski definition) is 2. The van der Waals surface area contributed by atoms with E-state index < -0.39 is 5.97 Å². The first-order valence-electron chi connectivity index (χ1n) is 6.59. The fraction of sp³-hybridized carbons (Fsp3) is 0.400. The molecule has 1 aromatic rings. The lowest BCUT2D eigenvalue weighted by atomic mass is 10.1. The molecule has 3 nitrogen and oxygen atoms in total. The van der Waals surface area contributed by atoms with Gasteiger partial charge in [0, 0.05) is 24.2 Å². The molecular formula is C15H18FNO2. The minimum atomic E-state index is -1.02. The first-order valence-corrected chi connectivity index (χ1v) is 6.59. The van der Waals surface area contributed by atoms with Gasteiger partial charge in [-0.1, -0.05) is 19.1 Å². The van der Waals surface area contributed by atoms with Crippen LogP contribution in [0.4, 0.5) is 10.1 Å². The molecule has 0 atom stereocenters. The predicted molar refractivity (Wildman–Crippen MR) is 73.7 cm³/mol. The van der Waals surface area contributed by atoms with Crippen molar-refractivity contribution in [3.05, 3.63) is 35.7 Å². The third-order valence-electron chi connectivity index (χ3n) is 3.16. The van der Waals surface area contributed by atoms with E-state index in [1.807, 2.05) is 0 Å². The Morgan fingerprint density at radius 1 is 1.53 bits per heavy atom. The molecule has 0 radical (unpaired) electrons. The number of para-hydroxylation sites is 1. The monoisotopic (exact) mass is 263 g/mol. The zero-order valence-electron chi connectivity index (χ0n) is 11.0. The molecule has 1 saturated carbocycles. The molecule has 1 fully saturated rings. The number of nitrogens with zero attached hydrogens (tertiary/aromatic N) is 1. The molecule has 0 unspecified atom stereocenters. The van der Waals surface area contributed by atoms with Gasteiger partial charge in [-0.3, -0.25) is 0 Å². The largest absolute Gasteiger partial charge is 0.478 e. The van der Waals surface area contributed by atoms with Crippen LogP contribution in [0.25, 0.3) is 6.08 Å². The van der Waals surface area contributed by atoms with E-state index >= 15 is 0 Å². The zero-order valence-corrected chi connectivity index (χ0v) is 11.0. The minimum absolute atomic E-state index is 0.284. The van der Waals surface area contributed by atoms with E-state index in [-0.39, 0.29) is 5.82 Å². The van der Waals surface area contributed by atoms with Gasteiger partial charge in [0.1, 0.15) is 5.82 Å². The van der Waals surface area contributed by atoms with Crippen molar-refractivity contribution in [3.63, 3.8) is 0 Å². The van der Waals surface area contributed by atoms with Gasteiger partial charge < -0.3 is 10.0 Å². The van der Waals surface area contributed by atoms with Crippen LogP contribution in [0.15, 0.2) is 24.3 Å². The fourth-order valence-corrected chi connectivity index (χ4v) is 2.23. The molecule has 0 saturated heterocycles. The molecule has 4 heteroatoms. The van der Waals surface area contributed by atoms with Gasteiger partial charge in [0.15, 0.2) is 0 Å². The van der Waals surface area contributed by atoms with Crippen molar-refractivity contribution in [2.45, 2.75) is 32.2 Å². The van der Waals surface area contributed by atoms with E-state index in [0.717, 1.165) is 31.9 Å². The van der Waals surface area contributed by atoms with E-state index in [9.17, 15) is 9.18 Å². The molecule has 1 N–H and O–H groups in total. The average Bonchev–Trinajstić information content (AvgIpc) is 3.18. The van der Waals surface area contributed by atoms with Crippen molar-refractivity contribution in [3.8, 4) is 0 Å². The number of halogens is 1. The van der Waals surface area contributed by atoms with Gasteiger partial charge in [0.25, 0.3) is 0 Å². The molecule has 1 aliphatic carbocycles. The van der Waals surface area contributed by atoms with Crippen molar-refractivity contribution >= 4 is 17.7 Å². The summed E-state index contributed by atoms with van der Waals surface area (Å²) < 4.78 is 14.1. The number of rotatable bonds is 6. The highest BCUT2D eigenvalue weighted by molar-refractivity contribution is 5.87. The molecule has 0 bridgehead atoms. The Kier molecular flexibility index (Phi) is 4.20. The Balaban J connectivity index is 2.38. The highest BCUT2D eigenvalue weighted by Gasteiger charge is 2.31. The molecule has 1 aromatic carbocycles. The lowest BCUT2D eigenvalue weighted by Gasteiger charge is -2.26. The van der Waals surface area contributed by atoms with Gasteiger partial charge in [-0.15, -0.1) is 0 Å². The minimum Gasteiger partial charge on any atom is -0.478 e. The third-order valence-corrected chi connectivity index (χ3v) is 3.16. The summed E-state index contributed by atoms with van der Waals surface area (Å²) in [4.78, 5) is 12.7. The Morgan fingerprint density at radius 2 is 2.26 bits per heavy atom. The summed E-state index contributed by atoms with van der Waals surface area (Å²) in [5.74, 6) is -1.31. The molecule has 2 rings (SSSR count). The first-order chi connectivity index (χ1) is 9.13. The first kappa shape index (κ1) is 13.6. The number of aliphatic carboxylic acids is 1. The summed E-state index contributed by atoms with van der Waals surface area (Å²) in [6, 6.07) is 5.19. The summed E-state index contributed by atoms with van der Waals surface area (Å²) in [6.07, 6.45) is 5.61. The molecular weight excluding hydrogens is 245 g/mol. The molecule has 0 heterocycles. The van der Waals surface area contributed by atoms with Gasteiger partial charge in [-0.05, 0) is 31.4 Å². The van der Waals surface area contributed by atoms with Crippen LogP contribution in [0, 0.1) is 5.82 Å². The predicted octanol–water partition coefficient (Wildman–Crippen LogP) is 3.30. The van der Waals surface area contributed by atoms with Crippen LogP contribution in [0.2, 0.25) is 0 Å². The Labute approximate surface area is 112 Å². The molecule has 0 aliphatic heterocycles. The molecule has 0 spiro atoms. The van der Waals surface area contributed by atoms with Crippen LogP contribution in [-0.4, -0.2) is 23.7 Å². The quantitative estimate of drug-likeness (QED) is 0.800. The average molecular weight is 263 g/mol. The third kappa shape index (κ3) is 3.34. The SMILES string of the molecule is CCCN(c1c(F)cccc1/C=C/C(=O)O)C1CC1. The number of carboxylic acids is 1. The highest BCUT2D eigenvalue weighted by Crippen LogP contribution is 2.35. The van der Waals surface area contributed by atoms with E-state index in [1.54, 1.807) is 12.1 Å². The van der Waals surface area contributed by atoms with Gasteiger partial charge in [0.2, 0.25) is 0 Å². The van der Waals surface area contributed by atoms with Gasteiger partial charge >= 0.3 is 5.97 Å². The van der Waals surface area contributed by atoms with Crippen molar-refractivity contribution in [1.82, 2.24) is 0 Å². The van der Waals surface area contributed by atoms with Crippen LogP contribution in [-0.2, 0) is 4.79 Å². The summed E-state index contributed by atoms with van der Waals surface area (Å²) in [7, 11) is 0. The molecule has 1 aliphatic rings. The maximum atomic E-state index is 14.1. The van der Waals surface area contributed by atoms with Crippen LogP contribution in [0.1, 0.15) is 31.7 Å².